The fourth-order valence-electron chi connectivity index (χ4n) is 1.41. The number of methoxy groups -OCH3 is 1. The van der Waals surface area contributed by atoms with Crippen molar-refractivity contribution in [3.05, 3.63) is 24.4 Å². The molecule has 0 aromatic carbocycles. The molecule has 0 bridgehead atoms. The Morgan fingerprint density at radius 1 is 1.47 bits per heavy atom. The van der Waals surface area contributed by atoms with Gasteiger partial charge in [-0.1, -0.05) is 0 Å². The van der Waals surface area contributed by atoms with Gasteiger partial charge < -0.3 is 10.1 Å². The second-order valence-electron chi connectivity index (χ2n) is 3.26. The highest BCUT2D eigenvalue weighted by molar-refractivity contribution is 6.29. The van der Waals surface area contributed by atoms with Crippen molar-refractivity contribution in [3.63, 3.8) is 0 Å². The molecule has 2 aromatic heterocycles. The maximum absolute atomic E-state index is 11.3. The molecule has 5 nitrogen and oxygen atoms in total. The molecule has 0 aliphatic carbocycles. The van der Waals surface area contributed by atoms with Crippen LogP contribution >= 0.6 is 11.6 Å². The molecule has 0 atom stereocenters. The first-order valence-corrected chi connectivity index (χ1v) is 5.43. The van der Waals surface area contributed by atoms with Gasteiger partial charge in [-0.15, -0.1) is 11.6 Å². The van der Waals surface area contributed by atoms with Gasteiger partial charge in [0.25, 0.3) is 0 Å². The monoisotopic (exact) mass is 251 g/mol. The Hall–Kier alpha value is -1.88. The third-order valence-electron chi connectivity index (χ3n) is 2.16. The largest absolute Gasteiger partial charge is 0.481 e. The third-order valence-corrected chi connectivity index (χ3v) is 2.41. The SMILES string of the molecule is COc1ccc2nccc(NC(=O)CCl)c2n1. The molecule has 1 N–H and O–H groups in total. The maximum Gasteiger partial charge on any atom is 0.239 e. The van der Waals surface area contributed by atoms with Gasteiger partial charge in [-0.2, -0.15) is 0 Å². The molecular weight excluding hydrogens is 242 g/mol. The molecule has 2 rings (SSSR count). The van der Waals surface area contributed by atoms with Gasteiger partial charge in [-0.05, 0) is 12.1 Å². The third kappa shape index (κ3) is 2.45. The Balaban J connectivity index is 2.50. The van der Waals surface area contributed by atoms with E-state index >= 15 is 0 Å². The smallest absolute Gasteiger partial charge is 0.239 e. The predicted molar refractivity (Wildman–Crippen MR) is 65.4 cm³/mol. The van der Waals surface area contributed by atoms with E-state index in [9.17, 15) is 4.79 Å². The van der Waals surface area contributed by atoms with Crippen molar-refractivity contribution in [2.75, 3.05) is 18.3 Å². The van der Waals surface area contributed by atoms with Gasteiger partial charge in [-0.3, -0.25) is 9.78 Å². The van der Waals surface area contributed by atoms with E-state index in [-0.39, 0.29) is 11.8 Å². The van der Waals surface area contributed by atoms with E-state index in [0.29, 0.717) is 22.6 Å². The molecule has 2 heterocycles. The minimum atomic E-state index is -0.288. The highest BCUT2D eigenvalue weighted by Crippen LogP contribution is 2.22. The van der Waals surface area contributed by atoms with Crippen LogP contribution in [0.4, 0.5) is 5.69 Å². The lowest BCUT2D eigenvalue weighted by Gasteiger charge is -2.07. The highest BCUT2D eigenvalue weighted by Gasteiger charge is 2.07. The number of nitrogens with one attached hydrogen (secondary N) is 1. The van der Waals surface area contributed by atoms with E-state index in [4.69, 9.17) is 16.3 Å². The number of alkyl halides is 1. The Morgan fingerprint density at radius 3 is 3.00 bits per heavy atom. The summed E-state index contributed by atoms with van der Waals surface area (Å²) >= 11 is 5.44. The molecule has 2 aromatic rings. The molecule has 1 amide bonds. The normalized spacial score (nSPS) is 10.2. The van der Waals surface area contributed by atoms with Gasteiger partial charge in [0.1, 0.15) is 11.4 Å². The number of aromatic nitrogens is 2. The number of rotatable bonds is 3. The number of halogens is 1. The summed E-state index contributed by atoms with van der Waals surface area (Å²) in [6.07, 6.45) is 1.60. The van der Waals surface area contributed by atoms with Gasteiger partial charge in [-0.25, -0.2) is 4.98 Å². The van der Waals surface area contributed by atoms with E-state index in [1.54, 1.807) is 24.4 Å². The number of nitrogens with zero attached hydrogens (tertiary/aromatic N) is 2. The molecule has 0 unspecified atom stereocenters. The lowest BCUT2D eigenvalue weighted by Crippen LogP contribution is -2.13. The fraction of sp³-hybridized carbons (Fsp3) is 0.182. The van der Waals surface area contributed by atoms with E-state index in [1.807, 2.05) is 0 Å². The maximum atomic E-state index is 11.3. The minimum absolute atomic E-state index is 0.103. The molecule has 0 saturated heterocycles. The number of hydrogen-bond donors (Lipinski definition) is 1. The van der Waals surface area contributed by atoms with Gasteiger partial charge in [0, 0.05) is 12.3 Å². The lowest BCUT2D eigenvalue weighted by atomic mass is 10.3. The highest BCUT2D eigenvalue weighted by atomic mass is 35.5. The summed E-state index contributed by atoms with van der Waals surface area (Å²) in [5.41, 5.74) is 1.82. The van der Waals surface area contributed by atoms with E-state index < -0.39 is 0 Å². The van der Waals surface area contributed by atoms with Crippen LogP contribution in [0.2, 0.25) is 0 Å². The minimum Gasteiger partial charge on any atom is -0.481 e. The number of hydrogen-bond acceptors (Lipinski definition) is 4. The van der Waals surface area contributed by atoms with E-state index in [1.165, 1.54) is 7.11 Å². The zero-order valence-electron chi connectivity index (χ0n) is 9.11. The van der Waals surface area contributed by atoms with Crippen molar-refractivity contribution in [1.29, 1.82) is 0 Å². The van der Waals surface area contributed by atoms with Crippen LogP contribution in [-0.4, -0.2) is 28.9 Å². The van der Waals surface area contributed by atoms with Crippen LogP contribution in [0.1, 0.15) is 0 Å². The summed E-state index contributed by atoms with van der Waals surface area (Å²) in [4.78, 5) is 19.6. The zero-order chi connectivity index (χ0) is 12.3. The van der Waals surface area contributed by atoms with Crippen molar-refractivity contribution >= 4 is 34.2 Å². The zero-order valence-corrected chi connectivity index (χ0v) is 9.86. The molecule has 17 heavy (non-hydrogen) atoms. The van der Waals surface area contributed by atoms with Crippen LogP contribution in [0.3, 0.4) is 0 Å². The van der Waals surface area contributed by atoms with Crippen LogP contribution in [-0.2, 0) is 4.79 Å². The molecule has 0 saturated carbocycles. The van der Waals surface area contributed by atoms with Crippen molar-refractivity contribution in [2.24, 2.45) is 0 Å². The van der Waals surface area contributed by atoms with Gasteiger partial charge in [0.05, 0.1) is 18.3 Å². The molecular formula is C11H10ClN3O2. The standard InChI is InChI=1S/C11H10ClN3O2/c1-17-10-3-2-7-11(15-10)8(4-5-13-7)14-9(16)6-12/h2-5H,6H2,1H3,(H,13,14,16). The van der Waals surface area contributed by atoms with Crippen molar-refractivity contribution < 1.29 is 9.53 Å². The Bertz CT molecular complexity index is 559. The first-order chi connectivity index (χ1) is 8.24. The topological polar surface area (TPSA) is 64.1 Å². The Morgan fingerprint density at radius 2 is 2.29 bits per heavy atom. The van der Waals surface area contributed by atoms with Crippen LogP contribution in [0.5, 0.6) is 5.88 Å². The molecule has 0 radical (unpaired) electrons. The number of carbonyl (C=O) groups is 1. The quantitative estimate of drug-likeness (QED) is 0.845. The fourth-order valence-corrected chi connectivity index (χ4v) is 1.47. The lowest BCUT2D eigenvalue weighted by molar-refractivity contribution is -0.113. The molecule has 0 fully saturated rings. The number of carbonyl (C=O) groups excluding carboxylic acids is 1. The first-order valence-electron chi connectivity index (χ1n) is 4.90. The second kappa shape index (κ2) is 4.97. The molecule has 0 aliphatic rings. The summed E-state index contributed by atoms with van der Waals surface area (Å²) in [6, 6.07) is 5.15. The van der Waals surface area contributed by atoms with Crippen molar-refractivity contribution in [3.8, 4) is 5.88 Å². The second-order valence-corrected chi connectivity index (χ2v) is 3.53. The van der Waals surface area contributed by atoms with Crippen LogP contribution in [0.25, 0.3) is 11.0 Å². The molecule has 88 valence electrons. The van der Waals surface area contributed by atoms with Crippen molar-refractivity contribution in [1.82, 2.24) is 9.97 Å². The molecule has 0 aliphatic heterocycles. The average Bonchev–Trinajstić information content (AvgIpc) is 2.38. The van der Waals surface area contributed by atoms with E-state index in [0.717, 1.165) is 0 Å². The molecule has 6 heteroatoms. The van der Waals surface area contributed by atoms with Crippen LogP contribution < -0.4 is 10.1 Å². The molecule has 0 spiro atoms. The van der Waals surface area contributed by atoms with E-state index in [2.05, 4.69) is 15.3 Å². The number of fused-ring (bicyclic) bond motifs is 1. The Labute approximate surface area is 103 Å². The number of ether oxygens (including phenoxy) is 1. The predicted octanol–water partition coefficient (Wildman–Crippen LogP) is 1.82. The van der Waals surface area contributed by atoms with Gasteiger partial charge in [0.15, 0.2) is 0 Å². The van der Waals surface area contributed by atoms with Gasteiger partial charge in [0.2, 0.25) is 11.8 Å². The number of pyridine rings is 2. The summed E-state index contributed by atoms with van der Waals surface area (Å²) in [7, 11) is 1.53. The van der Waals surface area contributed by atoms with Crippen molar-refractivity contribution in [2.45, 2.75) is 0 Å². The summed E-state index contributed by atoms with van der Waals surface area (Å²) < 4.78 is 5.03. The van der Waals surface area contributed by atoms with Crippen LogP contribution in [0, 0.1) is 0 Å². The summed E-state index contributed by atoms with van der Waals surface area (Å²) in [5.74, 6) is 0.0731. The van der Waals surface area contributed by atoms with Crippen LogP contribution in [0.15, 0.2) is 24.4 Å². The summed E-state index contributed by atoms with van der Waals surface area (Å²) in [6.45, 7) is 0. The average molecular weight is 252 g/mol. The number of anilines is 1. The van der Waals surface area contributed by atoms with Gasteiger partial charge >= 0.3 is 0 Å². The number of amides is 1. The first kappa shape index (κ1) is 11.6. The Kier molecular flexibility index (Phi) is 3.39. The summed E-state index contributed by atoms with van der Waals surface area (Å²) in [5, 5.41) is 2.66.